The van der Waals surface area contributed by atoms with Crippen molar-refractivity contribution in [3.63, 3.8) is 0 Å². The van der Waals surface area contributed by atoms with Gasteiger partial charge in [-0.05, 0) is 0 Å². The molecule has 0 unspecified atom stereocenters. The van der Waals surface area contributed by atoms with Crippen LogP contribution in [0.2, 0.25) is 0 Å². The Hall–Kier alpha value is 0.390. The number of rotatable bonds is 4. The average Bonchev–Trinajstić information content (AvgIpc) is 1.78. The first-order valence-corrected chi connectivity index (χ1v) is 4.03. The largest absolute Gasteiger partial charge is 1.00 e. The number of quaternary nitrogens is 1. The first kappa shape index (κ1) is 13.9. The fourth-order valence-corrected chi connectivity index (χ4v) is 1.02. The summed E-state index contributed by atoms with van der Waals surface area (Å²) in [5.41, 5.74) is -4.05. The van der Waals surface area contributed by atoms with Crippen LogP contribution in [0.3, 0.4) is 0 Å². The summed E-state index contributed by atoms with van der Waals surface area (Å²) in [7, 11) is 1.85. The van der Waals surface area contributed by atoms with E-state index in [-0.39, 0.29) is 29.9 Å². The van der Waals surface area contributed by atoms with Gasteiger partial charge in [-0.1, -0.05) is 11.8 Å². The lowest BCUT2D eigenvalue weighted by molar-refractivity contribution is -0.626. The zero-order chi connectivity index (χ0) is 8.04. The van der Waals surface area contributed by atoms with Crippen LogP contribution in [-0.2, 0) is 0 Å². The smallest absolute Gasteiger partial charge is 0.441 e. The third-order valence-electron chi connectivity index (χ3n) is 0.903. The summed E-state index contributed by atoms with van der Waals surface area (Å²) in [6, 6.07) is 0. The molecule has 0 aromatic carbocycles. The number of halogens is 4. The zero-order valence-electron chi connectivity index (χ0n) is 6.12. The van der Waals surface area contributed by atoms with Crippen molar-refractivity contribution in [2.45, 2.75) is 11.9 Å². The summed E-state index contributed by atoms with van der Waals surface area (Å²) < 4.78 is 34.3. The molecular weight excluding hydrogens is 199 g/mol. The summed E-state index contributed by atoms with van der Waals surface area (Å²) in [5, 5.41) is 1.87. The molecule has 0 rings (SSSR count). The average molecular weight is 210 g/mol. The van der Waals surface area contributed by atoms with E-state index in [0.717, 1.165) is 6.54 Å². The van der Waals surface area contributed by atoms with Crippen molar-refractivity contribution in [1.29, 1.82) is 0 Å². The third kappa shape index (κ3) is 13.4. The predicted octanol–water partition coefficient (Wildman–Crippen LogP) is -2.17. The zero-order valence-corrected chi connectivity index (χ0v) is 7.69. The Bertz CT molecular complexity index is 88.3. The molecule has 0 heterocycles. The second-order valence-electron chi connectivity index (χ2n) is 1.84. The SMILES string of the molecule is C[NH2+]CCCSC(F)(F)F.[Cl-]. The van der Waals surface area contributed by atoms with Crippen LogP contribution < -0.4 is 17.7 Å². The molecule has 2 N–H and O–H groups in total. The highest BCUT2D eigenvalue weighted by atomic mass is 35.5. The molecule has 0 aromatic heterocycles. The molecule has 0 saturated carbocycles. The van der Waals surface area contributed by atoms with Crippen LogP contribution in [0, 0.1) is 0 Å². The monoisotopic (exact) mass is 209 g/mol. The maximum Gasteiger partial charge on any atom is 0.441 e. The molecule has 0 radical (unpaired) electrons. The third-order valence-corrected chi connectivity index (χ3v) is 1.72. The highest BCUT2D eigenvalue weighted by molar-refractivity contribution is 8.00. The van der Waals surface area contributed by atoms with Crippen molar-refractivity contribution < 1.29 is 30.9 Å². The minimum atomic E-state index is -4.05. The molecule has 70 valence electrons. The number of hydrogen-bond acceptors (Lipinski definition) is 1. The van der Waals surface area contributed by atoms with E-state index in [4.69, 9.17) is 0 Å². The number of nitrogens with two attached hydrogens (primary N) is 1. The molecule has 6 heteroatoms. The molecule has 11 heavy (non-hydrogen) atoms. The van der Waals surface area contributed by atoms with Crippen LogP contribution in [0.15, 0.2) is 0 Å². The first-order valence-electron chi connectivity index (χ1n) is 3.05. The lowest BCUT2D eigenvalue weighted by atomic mass is 10.5. The minimum absolute atomic E-state index is 0. The van der Waals surface area contributed by atoms with Gasteiger partial charge in [-0.2, -0.15) is 13.2 Å². The molecule has 1 nitrogen and oxygen atoms in total. The van der Waals surface area contributed by atoms with Gasteiger partial charge in [0.1, 0.15) is 0 Å². The van der Waals surface area contributed by atoms with Crippen molar-refractivity contribution in [3.8, 4) is 0 Å². The van der Waals surface area contributed by atoms with Gasteiger partial charge in [0.05, 0.1) is 13.6 Å². The molecule has 0 aliphatic carbocycles. The van der Waals surface area contributed by atoms with E-state index in [9.17, 15) is 13.2 Å². The van der Waals surface area contributed by atoms with Gasteiger partial charge >= 0.3 is 5.51 Å². The van der Waals surface area contributed by atoms with Gasteiger partial charge in [0.25, 0.3) is 0 Å². The summed E-state index contributed by atoms with van der Waals surface area (Å²) in [4.78, 5) is 0. The van der Waals surface area contributed by atoms with Crippen LogP contribution in [-0.4, -0.2) is 24.9 Å². The summed E-state index contributed by atoms with van der Waals surface area (Å²) in [6.45, 7) is 0.767. The standard InChI is InChI=1S/C5H10F3NS.ClH/c1-9-3-2-4-10-5(6,7)8;/h9H,2-4H2,1H3;1H. The second kappa shape index (κ2) is 7.06. The lowest BCUT2D eigenvalue weighted by Crippen LogP contribution is -3.00. The summed E-state index contributed by atoms with van der Waals surface area (Å²) in [5.74, 6) is 0.174. The van der Waals surface area contributed by atoms with Gasteiger partial charge in [-0.25, -0.2) is 0 Å². The molecule has 0 atom stereocenters. The maximum atomic E-state index is 11.4. The Balaban J connectivity index is 0. The van der Waals surface area contributed by atoms with Crippen LogP contribution >= 0.6 is 11.8 Å². The van der Waals surface area contributed by atoms with E-state index in [0.29, 0.717) is 6.42 Å². The highest BCUT2D eigenvalue weighted by Gasteiger charge is 2.27. The first-order chi connectivity index (χ1) is 4.56. The van der Waals surface area contributed by atoms with Crippen molar-refractivity contribution in [3.05, 3.63) is 0 Å². The van der Waals surface area contributed by atoms with Gasteiger partial charge in [-0.15, -0.1) is 0 Å². The fourth-order valence-electron chi connectivity index (χ4n) is 0.475. The Morgan fingerprint density at radius 2 is 1.91 bits per heavy atom. The number of hydrogen-bond donors (Lipinski definition) is 1. The van der Waals surface area contributed by atoms with Gasteiger partial charge in [0, 0.05) is 12.2 Å². The van der Waals surface area contributed by atoms with Crippen LogP contribution in [0.4, 0.5) is 13.2 Å². The molecule has 0 amide bonds. The Morgan fingerprint density at radius 1 is 1.36 bits per heavy atom. The van der Waals surface area contributed by atoms with Crippen molar-refractivity contribution in [2.75, 3.05) is 19.3 Å². The molecule has 0 aliphatic heterocycles. The molecule has 0 aromatic rings. The van der Waals surface area contributed by atoms with E-state index in [2.05, 4.69) is 0 Å². The second-order valence-corrected chi connectivity index (χ2v) is 3.00. The fraction of sp³-hybridized carbons (Fsp3) is 1.00. The van der Waals surface area contributed by atoms with Crippen molar-refractivity contribution in [1.82, 2.24) is 0 Å². The molecular formula is C5H11ClF3NS. The van der Waals surface area contributed by atoms with Gasteiger partial charge in [0.15, 0.2) is 0 Å². The summed E-state index contributed by atoms with van der Waals surface area (Å²) in [6.07, 6.45) is 0.612. The van der Waals surface area contributed by atoms with Gasteiger partial charge in [0.2, 0.25) is 0 Å². The quantitative estimate of drug-likeness (QED) is 0.522. The normalized spacial score (nSPS) is 10.9. The van der Waals surface area contributed by atoms with Gasteiger partial charge in [-0.3, -0.25) is 0 Å². The number of thioether (sulfide) groups is 1. The molecule has 0 saturated heterocycles. The lowest BCUT2D eigenvalue weighted by Gasteiger charge is -2.03. The highest BCUT2D eigenvalue weighted by Crippen LogP contribution is 2.30. The topological polar surface area (TPSA) is 16.6 Å². The van der Waals surface area contributed by atoms with E-state index < -0.39 is 5.51 Å². The van der Waals surface area contributed by atoms with Crippen LogP contribution in [0.1, 0.15) is 6.42 Å². The van der Waals surface area contributed by atoms with Crippen molar-refractivity contribution in [2.24, 2.45) is 0 Å². The van der Waals surface area contributed by atoms with Gasteiger partial charge < -0.3 is 17.7 Å². The Kier molecular flexibility index (Phi) is 8.95. The predicted molar refractivity (Wildman–Crippen MR) is 35.8 cm³/mol. The van der Waals surface area contributed by atoms with E-state index in [1.165, 1.54) is 0 Å². The van der Waals surface area contributed by atoms with E-state index in [1.807, 2.05) is 12.4 Å². The van der Waals surface area contributed by atoms with Crippen LogP contribution in [0.5, 0.6) is 0 Å². The Morgan fingerprint density at radius 3 is 2.27 bits per heavy atom. The minimum Gasteiger partial charge on any atom is -1.00 e. The van der Waals surface area contributed by atoms with E-state index in [1.54, 1.807) is 0 Å². The van der Waals surface area contributed by atoms with Crippen molar-refractivity contribution >= 4 is 11.8 Å². The molecule has 0 bridgehead atoms. The molecule has 0 spiro atoms. The number of alkyl halides is 3. The molecule has 0 fully saturated rings. The maximum absolute atomic E-state index is 11.4. The Labute approximate surface area is 74.5 Å². The molecule has 0 aliphatic rings. The summed E-state index contributed by atoms with van der Waals surface area (Å²) >= 11 is 0.0535. The van der Waals surface area contributed by atoms with Crippen LogP contribution in [0.25, 0.3) is 0 Å². The van der Waals surface area contributed by atoms with E-state index >= 15 is 0 Å².